The third-order valence-corrected chi connectivity index (χ3v) is 2.62. The quantitative estimate of drug-likeness (QED) is 0.740. The summed E-state index contributed by atoms with van der Waals surface area (Å²) in [6, 6.07) is 2.19. The molecule has 2 nitrogen and oxygen atoms in total. The number of hydrogen-bond acceptors (Lipinski definition) is 2. The van der Waals surface area contributed by atoms with Crippen molar-refractivity contribution in [1.29, 1.82) is 5.26 Å². The normalized spacial score (nSPS) is 17.1. The summed E-state index contributed by atoms with van der Waals surface area (Å²) >= 11 is 3.32. The first-order chi connectivity index (χ1) is 4.89. The van der Waals surface area contributed by atoms with E-state index in [0.717, 1.165) is 0 Å². The van der Waals surface area contributed by atoms with Crippen molar-refractivity contribution in [3.05, 3.63) is 0 Å². The Labute approximate surface area is 76.3 Å². The van der Waals surface area contributed by atoms with Gasteiger partial charge in [-0.2, -0.15) is 5.26 Å². The van der Waals surface area contributed by atoms with Crippen molar-refractivity contribution >= 4 is 15.9 Å². The van der Waals surface area contributed by atoms with E-state index in [-0.39, 0.29) is 10.2 Å². The predicted molar refractivity (Wildman–Crippen MR) is 48.4 cm³/mol. The number of halogens is 1. The van der Waals surface area contributed by atoms with E-state index < -0.39 is 6.10 Å². The van der Waals surface area contributed by atoms with Gasteiger partial charge in [0, 0.05) is 4.83 Å². The van der Waals surface area contributed by atoms with Gasteiger partial charge in [-0.3, -0.25) is 0 Å². The number of aliphatic hydroxyl groups excluding tert-OH is 1. The number of hydrogen-bond donors (Lipinski definition) is 1. The van der Waals surface area contributed by atoms with E-state index in [2.05, 4.69) is 22.0 Å². The molecule has 0 aliphatic heterocycles. The lowest BCUT2D eigenvalue weighted by atomic mass is 9.89. The maximum absolute atomic E-state index is 9.12. The molecule has 0 spiro atoms. The van der Waals surface area contributed by atoms with Gasteiger partial charge in [0.05, 0.1) is 17.6 Å². The Morgan fingerprint density at radius 1 is 1.64 bits per heavy atom. The van der Waals surface area contributed by atoms with Gasteiger partial charge in [0.25, 0.3) is 0 Å². The zero-order chi connectivity index (χ0) is 9.07. The van der Waals surface area contributed by atoms with E-state index >= 15 is 0 Å². The molecule has 0 aromatic carbocycles. The number of aliphatic hydroxyl groups is 1. The SMILES string of the molecule is CC(O)[C@H](Br)CC(C)(C)C#N. The topological polar surface area (TPSA) is 44.0 Å². The molecule has 11 heavy (non-hydrogen) atoms. The average Bonchev–Trinajstić information content (AvgIpc) is 1.87. The lowest BCUT2D eigenvalue weighted by molar-refractivity contribution is 0.178. The molecular formula is C8H14BrNO. The van der Waals surface area contributed by atoms with Crippen LogP contribution in [0.25, 0.3) is 0 Å². The van der Waals surface area contributed by atoms with E-state index in [1.807, 2.05) is 13.8 Å². The summed E-state index contributed by atoms with van der Waals surface area (Å²) in [7, 11) is 0. The first-order valence-corrected chi connectivity index (χ1v) is 4.54. The fourth-order valence-electron chi connectivity index (χ4n) is 0.704. The molecule has 2 atom stereocenters. The molecule has 0 fully saturated rings. The first kappa shape index (κ1) is 10.9. The van der Waals surface area contributed by atoms with Crippen LogP contribution in [0.1, 0.15) is 27.2 Å². The molecule has 0 amide bonds. The fourth-order valence-corrected chi connectivity index (χ4v) is 1.51. The Morgan fingerprint density at radius 3 is 2.36 bits per heavy atom. The molecule has 0 aromatic heterocycles. The van der Waals surface area contributed by atoms with Gasteiger partial charge in [-0.05, 0) is 27.2 Å². The smallest absolute Gasteiger partial charge is 0.0684 e. The Kier molecular flexibility index (Phi) is 4.05. The highest BCUT2D eigenvalue weighted by atomic mass is 79.9. The van der Waals surface area contributed by atoms with E-state index in [1.54, 1.807) is 6.92 Å². The van der Waals surface area contributed by atoms with Crippen LogP contribution in [-0.4, -0.2) is 16.0 Å². The molecule has 1 unspecified atom stereocenters. The third kappa shape index (κ3) is 4.39. The molecule has 0 saturated carbocycles. The van der Waals surface area contributed by atoms with Gasteiger partial charge in [-0.25, -0.2) is 0 Å². The second-order valence-electron chi connectivity index (χ2n) is 3.46. The summed E-state index contributed by atoms with van der Waals surface area (Å²) in [5.41, 5.74) is -0.356. The van der Waals surface area contributed by atoms with Crippen molar-refractivity contribution in [1.82, 2.24) is 0 Å². The average molecular weight is 220 g/mol. The van der Waals surface area contributed by atoms with Gasteiger partial charge >= 0.3 is 0 Å². The van der Waals surface area contributed by atoms with Crippen LogP contribution >= 0.6 is 15.9 Å². The molecule has 1 N–H and O–H groups in total. The minimum atomic E-state index is -0.400. The van der Waals surface area contributed by atoms with Crippen LogP contribution in [0.2, 0.25) is 0 Å². The Balaban J connectivity index is 3.96. The zero-order valence-corrected chi connectivity index (χ0v) is 8.72. The Bertz CT molecular complexity index is 160. The van der Waals surface area contributed by atoms with E-state index in [0.29, 0.717) is 6.42 Å². The van der Waals surface area contributed by atoms with Gasteiger partial charge in [-0.15, -0.1) is 0 Å². The van der Waals surface area contributed by atoms with Gasteiger partial charge in [0.2, 0.25) is 0 Å². The third-order valence-electron chi connectivity index (χ3n) is 1.53. The van der Waals surface area contributed by atoms with Gasteiger partial charge in [0.1, 0.15) is 0 Å². The van der Waals surface area contributed by atoms with Crippen molar-refractivity contribution in [3.8, 4) is 6.07 Å². The highest BCUT2D eigenvalue weighted by Gasteiger charge is 2.23. The fraction of sp³-hybridized carbons (Fsp3) is 0.875. The van der Waals surface area contributed by atoms with E-state index in [9.17, 15) is 0 Å². The standard InChI is InChI=1S/C8H14BrNO/c1-6(11)7(9)4-8(2,3)5-10/h6-7,11H,4H2,1-3H3/t6?,7-/m1/s1. The van der Waals surface area contributed by atoms with Crippen LogP contribution in [0, 0.1) is 16.7 Å². The highest BCUT2D eigenvalue weighted by Crippen LogP contribution is 2.26. The largest absolute Gasteiger partial charge is 0.392 e. The summed E-state index contributed by atoms with van der Waals surface area (Å²) < 4.78 is 0. The van der Waals surface area contributed by atoms with Gasteiger partial charge in [0.15, 0.2) is 0 Å². The van der Waals surface area contributed by atoms with Gasteiger partial charge < -0.3 is 5.11 Å². The predicted octanol–water partition coefficient (Wildman–Crippen LogP) is 2.07. The molecule has 0 rings (SSSR count). The lowest BCUT2D eigenvalue weighted by Crippen LogP contribution is -2.23. The summed E-state index contributed by atoms with van der Waals surface area (Å²) in [5, 5.41) is 17.8. The van der Waals surface area contributed by atoms with Crippen LogP contribution < -0.4 is 0 Å². The molecule has 3 heteroatoms. The number of rotatable bonds is 3. The van der Waals surface area contributed by atoms with Crippen LogP contribution in [0.5, 0.6) is 0 Å². The number of alkyl halides is 1. The maximum atomic E-state index is 9.12. The second-order valence-corrected chi connectivity index (χ2v) is 4.63. The summed E-state index contributed by atoms with van der Waals surface area (Å²) in [6.07, 6.45) is 0.267. The van der Waals surface area contributed by atoms with Crippen LogP contribution in [0.15, 0.2) is 0 Å². The monoisotopic (exact) mass is 219 g/mol. The van der Waals surface area contributed by atoms with Crippen LogP contribution in [0.4, 0.5) is 0 Å². The molecule has 0 aliphatic rings. The molecule has 0 heterocycles. The second kappa shape index (κ2) is 4.08. The molecular weight excluding hydrogens is 206 g/mol. The molecule has 64 valence electrons. The first-order valence-electron chi connectivity index (χ1n) is 3.62. The van der Waals surface area contributed by atoms with Crippen molar-refractivity contribution in [2.75, 3.05) is 0 Å². The number of nitrogens with zero attached hydrogens (tertiary/aromatic N) is 1. The zero-order valence-electron chi connectivity index (χ0n) is 7.13. The van der Waals surface area contributed by atoms with Crippen molar-refractivity contribution in [2.24, 2.45) is 5.41 Å². The highest BCUT2D eigenvalue weighted by molar-refractivity contribution is 9.09. The Hall–Kier alpha value is -0.0700. The number of nitriles is 1. The summed E-state index contributed by atoms with van der Waals surface area (Å²) in [4.78, 5) is 0.0112. The molecule has 0 aromatic rings. The minimum absolute atomic E-state index is 0.0112. The minimum Gasteiger partial charge on any atom is -0.392 e. The molecule has 0 bridgehead atoms. The van der Waals surface area contributed by atoms with Crippen molar-refractivity contribution < 1.29 is 5.11 Å². The molecule has 0 radical (unpaired) electrons. The van der Waals surface area contributed by atoms with E-state index in [4.69, 9.17) is 10.4 Å². The summed E-state index contributed by atoms with van der Waals surface area (Å²) in [6.45, 7) is 5.44. The molecule has 0 saturated heterocycles. The van der Waals surface area contributed by atoms with Gasteiger partial charge in [-0.1, -0.05) is 15.9 Å². The van der Waals surface area contributed by atoms with Crippen LogP contribution in [0.3, 0.4) is 0 Å². The van der Waals surface area contributed by atoms with Crippen molar-refractivity contribution in [3.63, 3.8) is 0 Å². The van der Waals surface area contributed by atoms with Crippen LogP contribution in [-0.2, 0) is 0 Å². The molecule has 0 aliphatic carbocycles. The lowest BCUT2D eigenvalue weighted by Gasteiger charge is -2.20. The summed E-state index contributed by atoms with van der Waals surface area (Å²) in [5.74, 6) is 0. The Morgan fingerprint density at radius 2 is 2.09 bits per heavy atom. The van der Waals surface area contributed by atoms with Crippen molar-refractivity contribution in [2.45, 2.75) is 38.1 Å². The maximum Gasteiger partial charge on any atom is 0.0684 e. The van der Waals surface area contributed by atoms with E-state index in [1.165, 1.54) is 0 Å².